The van der Waals surface area contributed by atoms with Crippen molar-refractivity contribution < 1.29 is 161 Å². The fourth-order valence-corrected chi connectivity index (χ4v) is 0. The molecule has 0 saturated carbocycles. The number of quaternary nitrogens is 15. The molecule has 0 unspecified atom stereocenters. The lowest BCUT2D eigenvalue weighted by Gasteiger charge is -2.35. The van der Waals surface area contributed by atoms with E-state index in [1.165, 1.54) is 0 Å². The summed E-state index contributed by atoms with van der Waals surface area (Å²) in [4.78, 5) is 0. The molecule has 50 heavy (non-hydrogen) atoms. The molecule has 0 aliphatic heterocycles. The molecule has 0 heterocycles. The Kier molecular flexibility index (Phi) is 1440. The molecular formula is C15H90B5N15O15. The fourth-order valence-electron chi connectivity index (χ4n) is 0. The second-order valence-electron chi connectivity index (χ2n) is 1.44. The molecule has 0 spiro atoms. The summed E-state index contributed by atoms with van der Waals surface area (Å²) < 4.78 is 0. The first-order valence-corrected chi connectivity index (χ1v) is 14.1. The normalized spacial score (nSPS) is 4.50. The molecule has 0 amide bonds. The van der Waals surface area contributed by atoms with Gasteiger partial charge in [-0.2, -0.15) is 0 Å². The lowest BCUT2D eigenvalue weighted by molar-refractivity contribution is -0.481. The molecule has 0 aliphatic rings. The maximum atomic E-state index is 8.42. The summed E-state index contributed by atoms with van der Waals surface area (Å²) in [5.74, 6) is 0. The maximum Gasteiger partial charge on any atom is 0.0634 e. The predicted octanol–water partition coefficient (Wildman–Crippen LogP) is -36.9. The minimum Gasteiger partial charge on any atom is -0.907 e. The van der Waals surface area contributed by atoms with Gasteiger partial charge in [0.25, 0.3) is 0 Å². The van der Waals surface area contributed by atoms with Crippen LogP contribution in [0, 0.1) is 0 Å². The molecule has 30 nitrogen and oxygen atoms in total. The zero-order valence-corrected chi connectivity index (χ0v) is 34.6. The monoisotopic (exact) mass is 776 g/mol. The van der Waals surface area contributed by atoms with E-state index >= 15 is 0 Å². The Morgan fingerprint density at radius 2 is 0.140 bits per heavy atom. The van der Waals surface area contributed by atoms with Crippen molar-refractivity contribution in [1.82, 2.24) is 0 Å². The van der Waals surface area contributed by atoms with Crippen molar-refractivity contribution in [2.24, 2.45) is 0 Å². The summed E-state index contributed by atoms with van der Waals surface area (Å²) in [5, 5.41) is 126. The van der Waals surface area contributed by atoms with Gasteiger partial charge < -0.3 is 161 Å². The Morgan fingerprint density at radius 3 is 0.140 bits per heavy atom. The third-order valence-corrected chi connectivity index (χ3v) is 0. The zero-order chi connectivity index (χ0) is 47.9. The highest BCUT2D eigenvalue weighted by atomic mass is 16.5. The van der Waals surface area contributed by atoms with Crippen LogP contribution in [0.1, 0.15) is 0 Å². The van der Waals surface area contributed by atoms with E-state index in [4.69, 9.17) is 75.4 Å². The molecule has 0 rings (SSSR count). The van der Waals surface area contributed by atoms with Crippen molar-refractivity contribution in [3.05, 3.63) is 0 Å². The second kappa shape index (κ2) is 536. The number of hydrogen-bond donors (Lipinski definition) is 15. The van der Waals surface area contributed by atoms with Gasteiger partial charge in [-0.05, 0) is 0 Å². The minimum absolute atomic E-state index is 1.75. The van der Waals surface area contributed by atoms with Gasteiger partial charge in [-0.1, -0.05) is 0 Å². The SMILES string of the molecule is C[NH3+].C[NH3+].C[NH3+].C[NH3+].C[NH3+].C[NH3+].C[NH3+].C[NH3+].C[NH3+].C[NH3+].C[NH3+].C[NH3+].C[NH3+].C[NH3+].C[NH3+].[O-]B([O-])[O-].[O-]B([O-])[O-].[O-]B([O-])[O-].[O-]B([O-])[O-].[O-]B([O-])[O-]. The Balaban J connectivity index is -0.0000000106. The first-order chi connectivity index (χ1) is 23.7. The van der Waals surface area contributed by atoms with Gasteiger partial charge >= 0.3 is 0 Å². The highest BCUT2D eigenvalue weighted by molar-refractivity contribution is 6.24. The van der Waals surface area contributed by atoms with Gasteiger partial charge in [-0.15, -0.1) is 0 Å². The molecule has 0 fully saturated rings. The van der Waals surface area contributed by atoms with E-state index in [2.05, 4.69) is 86.0 Å². The molecule has 0 aliphatic carbocycles. The van der Waals surface area contributed by atoms with Gasteiger partial charge in [0.15, 0.2) is 0 Å². The van der Waals surface area contributed by atoms with Crippen molar-refractivity contribution in [2.75, 3.05) is 106 Å². The molecule has 0 atom stereocenters. The summed E-state index contributed by atoms with van der Waals surface area (Å²) in [6.07, 6.45) is 0. The molecule has 0 aromatic carbocycles. The number of rotatable bonds is 0. The topological polar surface area (TPSA) is 760 Å². The van der Waals surface area contributed by atoms with Gasteiger partial charge in [0.2, 0.25) is 0 Å². The Bertz CT molecular complexity index is 153. The summed E-state index contributed by atoms with van der Waals surface area (Å²) in [5.41, 5.74) is 48.8. The average Bonchev–Trinajstić information content (AvgIpc) is 3.16. The van der Waals surface area contributed by atoms with Crippen LogP contribution in [0.25, 0.3) is 0 Å². The summed E-state index contributed by atoms with van der Waals surface area (Å²) in [6, 6.07) is 0. The van der Waals surface area contributed by atoms with E-state index in [9.17, 15) is 0 Å². The molecular weight excluding hydrogens is 684 g/mol. The van der Waals surface area contributed by atoms with Gasteiger partial charge in [0, 0.05) is 0 Å². The molecule has 0 radical (unpaired) electrons. The van der Waals surface area contributed by atoms with Crippen LogP contribution in [-0.2, 0) is 0 Å². The van der Waals surface area contributed by atoms with Crippen LogP contribution >= 0.6 is 0 Å². The van der Waals surface area contributed by atoms with Crippen LogP contribution in [0.3, 0.4) is 0 Å². The Hall–Kier alpha value is -0.875. The van der Waals surface area contributed by atoms with Crippen LogP contribution in [0.4, 0.5) is 0 Å². The first kappa shape index (κ1) is 134. The van der Waals surface area contributed by atoms with Crippen molar-refractivity contribution in [3.63, 3.8) is 0 Å². The molecule has 0 bridgehead atoms. The Labute approximate surface area is 304 Å². The molecule has 0 aromatic rings. The zero-order valence-electron chi connectivity index (χ0n) is 34.6. The molecule has 0 saturated heterocycles. The highest BCUT2D eigenvalue weighted by Crippen LogP contribution is 1.01. The van der Waals surface area contributed by atoms with Crippen LogP contribution in [-0.4, -0.2) is 142 Å². The van der Waals surface area contributed by atoms with Crippen LogP contribution < -0.4 is 161 Å². The molecule has 35 heteroatoms. The lowest BCUT2D eigenvalue weighted by Crippen LogP contribution is -2.56. The van der Waals surface area contributed by atoms with Crippen molar-refractivity contribution in [3.8, 4) is 0 Å². The van der Waals surface area contributed by atoms with Gasteiger partial charge in [-0.25, -0.2) is 0 Å². The van der Waals surface area contributed by atoms with Crippen LogP contribution in [0.2, 0.25) is 0 Å². The predicted molar refractivity (Wildman–Crippen MR) is 161 cm³/mol. The fraction of sp³-hybridized carbons (Fsp3) is 1.00. The summed E-state index contributed by atoms with van der Waals surface area (Å²) >= 11 is 0. The summed E-state index contributed by atoms with van der Waals surface area (Å²) in [7, 11) is 11.7. The van der Waals surface area contributed by atoms with E-state index in [1.54, 1.807) is 106 Å². The quantitative estimate of drug-likeness (QED) is 0.102. The number of hydrogen-bond acceptors (Lipinski definition) is 15. The average molecular weight is 775 g/mol. The molecule has 0 aromatic heterocycles. The van der Waals surface area contributed by atoms with Crippen LogP contribution in [0.15, 0.2) is 0 Å². The minimum atomic E-state index is -2.92. The van der Waals surface area contributed by atoms with Crippen molar-refractivity contribution in [1.29, 1.82) is 0 Å². The van der Waals surface area contributed by atoms with Gasteiger partial charge in [0.1, 0.15) is 0 Å². The molecule has 330 valence electrons. The third-order valence-electron chi connectivity index (χ3n) is 0. The summed E-state index contributed by atoms with van der Waals surface area (Å²) in [6.45, 7) is 0. The Morgan fingerprint density at radius 1 is 0.140 bits per heavy atom. The maximum absolute atomic E-state index is 8.42. The standard InChI is InChI=1S/15CH5N.5BO3/c15*1-2;5*2-1(3)4/h15*2H2,1H3;;;;;/q;;;;;;;;;;;;;;;5*-3/p+15. The van der Waals surface area contributed by atoms with E-state index in [0.717, 1.165) is 0 Å². The largest absolute Gasteiger partial charge is 0.907 e. The van der Waals surface area contributed by atoms with Gasteiger partial charge in [-0.3, -0.25) is 36.6 Å². The van der Waals surface area contributed by atoms with Crippen LogP contribution in [0.5, 0.6) is 0 Å². The van der Waals surface area contributed by atoms with E-state index < -0.39 is 36.6 Å². The van der Waals surface area contributed by atoms with Crippen molar-refractivity contribution in [2.45, 2.75) is 0 Å². The smallest absolute Gasteiger partial charge is 0.0634 e. The van der Waals surface area contributed by atoms with Gasteiger partial charge in [0.05, 0.1) is 106 Å². The van der Waals surface area contributed by atoms with E-state index in [-0.39, 0.29) is 0 Å². The third kappa shape index (κ3) is 131000. The molecule has 45 N–H and O–H groups in total. The van der Waals surface area contributed by atoms with Crippen molar-refractivity contribution >= 4 is 36.6 Å². The second-order valence-corrected chi connectivity index (χ2v) is 1.44. The van der Waals surface area contributed by atoms with E-state index in [0.29, 0.717) is 0 Å². The highest BCUT2D eigenvalue weighted by Gasteiger charge is 1.18. The first-order valence-electron chi connectivity index (χ1n) is 14.1. The van der Waals surface area contributed by atoms with E-state index in [1.807, 2.05) is 0 Å². The lowest BCUT2D eigenvalue weighted by atomic mass is 10.3.